The van der Waals surface area contributed by atoms with Crippen molar-refractivity contribution in [2.75, 3.05) is 48.3 Å². The summed E-state index contributed by atoms with van der Waals surface area (Å²) >= 11 is 0. The number of primary amides is 1. The summed E-state index contributed by atoms with van der Waals surface area (Å²) in [6, 6.07) is 9.66. The van der Waals surface area contributed by atoms with Crippen molar-refractivity contribution >= 4 is 34.7 Å². The van der Waals surface area contributed by atoms with Crippen LogP contribution in [0.25, 0.3) is 0 Å². The van der Waals surface area contributed by atoms with Gasteiger partial charge in [0.05, 0.1) is 5.69 Å². The van der Waals surface area contributed by atoms with E-state index in [0.717, 1.165) is 43.1 Å². The third-order valence-corrected chi connectivity index (χ3v) is 4.84. The van der Waals surface area contributed by atoms with Gasteiger partial charge in [0, 0.05) is 57.1 Å². The molecule has 0 spiro atoms. The Morgan fingerprint density at radius 2 is 1.77 bits per heavy atom. The summed E-state index contributed by atoms with van der Waals surface area (Å²) < 4.78 is 0. The Hall–Kier alpha value is -3.62. The first-order chi connectivity index (χ1) is 14.3. The molecule has 1 aromatic carbocycles. The summed E-state index contributed by atoms with van der Waals surface area (Å²) in [5.74, 6) is -0.0331. The van der Waals surface area contributed by atoms with E-state index in [2.05, 4.69) is 32.3 Å². The molecule has 9 heteroatoms. The molecular weight excluding hydrogens is 382 g/mol. The van der Waals surface area contributed by atoms with Crippen LogP contribution in [-0.2, 0) is 4.79 Å². The first-order valence-electron chi connectivity index (χ1n) is 9.77. The minimum Gasteiger partial charge on any atom is -0.379 e. The molecule has 2 heterocycles. The molecule has 0 unspecified atom stereocenters. The van der Waals surface area contributed by atoms with Crippen LogP contribution in [-0.4, -0.2) is 59.6 Å². The van der Waals surface area contributed by atoms with Crippen LogP contribution in [0.3, 0.4) is 0 Å². The van der Waals surface area contributed by atoms with Gasteiger partial charge in [-0.15, -0.1) is 10.2 Å². The van der Waals surface area contributed by atoms with Gasteiger partial charge in [0.25, 0.3) is 5.91 Å². The Kier molecular flexibility index (Phi) is 6.51. The Labute approximate surface area is 175 Å². The number of rotatable bonds is 7. The van der Waals surface area contributed by atoms with Gasteiger partial charge in [-0.1, -0.05) is 12.2 Å². The zero-order valence-corrected chi connectivity index (χ0v) is 17.3. The van der Waals surface area contributed by atoms with Gasteiger partial charge in [0.2, 0.25) is 5.91 Å². The number of aromatic nitrogens is 2. The normalized spacial score (nSPS) is 13.7. The van der Waals surface area contributed by atoms with Gasteiger partial charge in [-0.3, -0.25) is 9.59 Å². The van der Waals surface area contributed by atoms with Crippen LogP contribution in [0.15, 0.2) is 42.5 Å². The maximum atomic E-state index is 11.6. The van der Waals surface area contributed by atoms with Gasteiger partial charge in [0.15, 0.2) is 11.5 Å². The zero-order chi connectivity index (χ0) is 21.7. The van der Waals surface area contributed by atoms with Crippen LogP contribution in [0.4, 0.5) is 22.9 Å². The van der Waals surface area contributed by atoms with E-state index in [0.29, 0.717) is 18.1 Å². The molecule has 0 bridgehead atoms. The van der Waals surface area contributed by atoms with Crippen LogP contribution in [0.2, 0.25) is 0 Å². The van der Waals surface area contributed by atoms with Gasteiger partial charge >= 0.3 is 0 Å². The first-order valence-corrected chi connectivity index (χ1v) is 9.77. The fourth-order valence-corrected chi connectivity index (χ4v) is 3.20. The minimum atomic E-state index is -0.646. The standard InChI is InChI=1S/C21H27N7O2/c1-14(2)13-23-18-12-19(25-26-20(18)21(22)30)24-16-4-6-17(7-5-16)28-10-8-27(9-11-28)15(3)29/h4-7,12H,1,8-11,13H2,2-3H3,(H2,22,30)(H2,23,24,25). The third-order valence-electron chi connectivity index (χ3n) is 4.84. The topological polar surface area (TPSA) is 116 Å². The summed E-state index contributed by atoms with van der Waals surface area (Å²) in [6.07, 6.45) is 0. The average Bonchev–Trinajstić information content (AvgIpc) is 2.73. The molecule has 2 amide bonds. The molecule has 1 saturated heterocycles. The lowest BCUT2D eigenvalue weighted by Crippen LogP contribution is -2.48. The van der Waals surface area contributed by atoms with Gasteiger partial charge in [-0.2, -0.15) is 0 Å². The minimum absolute atomic E-state index is 0.0850. The summed E-state index contributed by atoms with van der Waals surface area (Å²) in [4.78, 5) is 27.2. The van der Waals surface area contributed by atoms with E-state index in [1.165, 1.54) is 0 Å². The Morgan fingerprint density at radius 1 is 1.10 bits per heavy atom. The van der Waals surface area contributed by atoms with Crippen molar-refractivity contribution in [2.45, 2.75) is 13.8 Å². The lowest BCUT2D eigenvalue weighted by atomic mass is 10.2. The molecule has 2 aromatic rings. The number of benzene rings is 1. The maximum absolute atomic E-state index is 11.6. The fraction of sp³-hybridized carbons (Fsp3) is 0.333. The van der Waals surface area contributed by atoms with Gasteiger partial charge in [-0.25, -0.2) is 0 Å². The largest absolute Gasteiger partial charge is 0.379 e. The van der Waals surface area contributed by atoms with E-state index in [4.69, 9.17) is 5.73 Å². The summed E-state index contributed by atoms with van der Waals surface area (Å²) in [5.41, 5.74) is 8.83. The SMILES string of the molecule is C=C(C)CNc1cc(Nc2ccc(N3CCN(C(C)=O)CC3)cc2)nnc1C(N)=O. The maximum Gasteiger partial charge on any atom is 0.271 e. The number of nitrogens with two attached hydrogens (primary N) is 1. The quantitative estimate of drug-likeness (QED) is 0.599. The van der Waals surface area contributed by atoms with E-state index in [1.807, 2.05) is 36.1 Å². The molecule has 9 nitrogen and oxygen atoms in total. The van der Waals surface area contributed by atoms with Crippen molar-refractivity contribution in [3.05, 3.63) is 48.2 Å². The van der Waals surface area contributed by atoms with Crippen LogP contribution in [0.5, 0.6) is 0 Å². The molecule has 1 fully saturated rings. The molecule has 0 aliphatic carbocycles. The lowest BCUT2D eigenvalue weighted by Gasteiger charge is -2.35. The molecule has 30 heavy (non-hydrogen) atoms. The monoisotopic (exact) mass is 409 g/mol. The molecule has 0 atom stereocenters. The van der Waals surface area contributed by atoms with Gasteiger partial charge in [-0.05, 0) is 31.2 Å². The number of carbonyl (C=O) groups is 2. The highest BCUT2D eigenvalue weighted by molar-refractivity contribution is 5.96. The number of anilines is 4. The number of hydrogen-bond donors (Lipinski definition) is 3. The first kappa shape index (κ1) is 21.1. The number of piperazine rings is 1. The molecule has 158 valence electrons. The third kappa shape index (κ3) is 5.25. The molecule has 0 radical (unpaired) electrons. The van der Waals surface area contributed by atoms with Crippen LogP contribution in [0.1, 0.15) is 24.3 Å². The lowest BCUT2D eigenvalue weighted by molar-refractivity contribution is -0.129. The number of nitrogens with one attached hydrogen (secondary N) is 2. The van der Waals surface area contributed by atoms with Crippen LogP contribution in [0, 0.1) is 0 Å². The van der Waals surface area contributed by atoms with E-state index in [9.17, 15) is 9.59 Å². The van der Waals surface area contributed by atoms with Gasteiger partial charge < -0.3 is 26.2 Å². The van der Waals surface area contributed by atoms with Crippen molar-refractivity contribution in [3.63, 3.8) is 0 Å². The van der Waals surface area contributed by atoms with Crippen molar-refractivity contribution in [2.24, 2.45) is 5.73 Å². The molecule has 0 saturated carbocycles. The second-order valence-corrected chi connectivity index (χ2v) is 7.33. The fourth-order valence-electron chi connectivity index (χ4n) is 3.20. The highest BCUT2D eigenvalue weighted by Crippen LogP contribution is 2.23. The summed E-state index contributed by atoms with van der Waals surface area (Å²) in [6.45, 7) is 10.9. The Morgan fingerprint density at radius 3 is 2.33 bits per heavy atom. The van der Waals surface area contributed by atoms with Gasteiger partial charge in [0.1, 0.15) is 0 Å². The van der Waals surface area contributed by atoms with Crippen molar-refractivity contribution < 1.29 is 9.59 Å². The molecule has 3 rings (SSSR count). The number of hydrogen-bond acceptors (Lipinski definition) is 7. The smallest absolute Gasteiger partial charge is 0.271 e. The van der Waals surface area contributed by atoms with E-state index in [-0.39, 0.29) is 11.6 Å². The summed E-state index contributed by atoms with van der Waals surface area (Å²) in [7, 11) is 0. The number of carbonyl (C=O) groups excluding carboxylic acids is 2. The second kappa shape index (κ2) is 9.25. The number of amides is 2. The zero-order valence-electron chi connectivity index (χ0n) is 17.3. The Balaban J connectivity index is 1.68. The molecule has 1 aliphatic rings. The highest BCUT2D eigenvalue weighted by Gasteiger charge is 2.18. The van der Waals surface area contributed by atoms with E-state index < -0.39 is 5.91 Å². The van der Waals surface area contributed by atoms with Crippen molar-refractivity contribution in [1.82, 2.24) is 15.1 Å². The molecule has 4 N–H and O–H groups in total. The predicted octanol–water partition coefficient (Wildman–Crippen LogP) is 1.98. The average molecular weight is 409 g/mol. The van der Waals surface area contributed by atoms with Crippen molar-refractivity contribution in [1.29, 1.82) is 0 Å². The predicted molar refractivity (Wildman–Crippen MR) is 118 cm³/mol. The van der Waals surface area contributed by atoms with E-state index >= 15 is 0 Å². The van der Waals surface area contributed by atoms with E-state index in [1.54, 1.807) is 13.0 Å². The molecular formula is C21H27N7O2. The van der Waals surface area contributed by atoms with Crippen LogP contribution >= 0.6 is 0 Å². The van der Waals surface area contributed by atoms with Crippen LogP contribution < -0.4 is 21.3 Å². The molecule has 1 aromatic heterocycles. The van der Waals surface area contributed by atoms with Crippen molar-refractivity contribution in [3.8, 4) is 0 Å². The second-order valence-electron chi connectivity index (χ2n) is 7.33. The Bertz CT molecular complexity index is 935. The molecule has 1 aliphatic heterocycles. The highest BCUT2D eigenvalue weighted by atomic mass is 16.2. The summed E-state index contributed by atoms with van der Waals surface area (Å²) in [5, 5.41) is 14.3. The number of nitrogens with zero attached hydrogens (tertiary/aromatic N) is 4.